The van der Waals surface area contributed by atoms with Crippen LogP contribution >= 0.6 is 11.3 Å². The first-order chi connectivity index (χ1) is 10.7. The topological polar surface area (TPSA) is 103 Å². The highest BCUT2D eigenvalue weighted by Crippen LogP contribution is 2.38. The molecule has 0 unspecified atom stereocenters. The van der Waals surface area contributed by atoms with Gasteiger partial charge < -0.3 is 16.8 Å². The average Bonchev–Trinajstić information content (AvgIpc) is 2.88. The van der Waals surface area contributed by atoms with E-state index < -0.39 is 0 Å². The lowest BCUT2D eigenvalue weighted by Gasteiger charge is -2.34. The van der Waals surface area contributed by atoms with Gasteiger partial charge in [-0.2, -0.15) is 0 Å². The summed E-state index contributed by atoms with van der Waals surface area (Å²) in [6.45, 7) is 0. The Morgan fingerprint density at radius 1 is 1.14 bits per heavy atom. The number of thiazole rings is 1. The number of benzene rings is 1. The van der Waals surface area contributed by atoms with Crippen LogP contribution in [-0.2, 0) is 0 Å². The molecule has 0 radical (unpaired) electrons. The third-order valence-electron chi connectivity index (χ3n) is 3.99. The fourth-order valence-corrected chi connectivity index (χ4v) is 3.61. The van der Waals surface area contributed by atoms with Gasteiger partial charge >= 0.3 is 0 Å². The van der Waals surface area contributed by atoms with Gasteiger partial charge in [0, 0.05) is 12.0 Å². The second-order valence-corrected chi connectivity index (χ2v) is 6.60. The first kappa shape index (κ1) is 13.3. The summed E-state index contributed by atoms with van der Waals surface area (Å²) in [6, 6.07) is 8.58. The molecular weight excluding hydrogens is 296 g/mol. The van der Waals surface area contributed by atoms with Gasteiger partial charge in [0.25, 0.3) is 0 Å². The summed E-state index contributed by atoms with van der Waals surface area (Å²) in [5.41, 5.74) is 12.9. The standard InChI is InChI=1S/C15H16N6S/c16-10-7-18-14(21-13(10)17)8-5-9(6-8)19-15-20-11-3-1-2-4-12(11)22-15/h1-4,7-9H,5-6,16H2,(H,19,20)(H2,17,18,21). The Labute approximate surface area is 131 Å². The summed E-state index contributed by atoms with van der Waals surface area (Å²) in [5.74, 6) is 1.50. The van der Waals surface area contributed by atoms with Crippen LogP contribution in [0.15, 0.2) is 30.5 Å². The normalized spacial score (nSPS) is 20.7. The molecule has 22 heavy (non-hydrogen) atoms. The van der Waals surface area contributed by atoms with Crippen molar-refractivity contribution in [2.24, 2.45) is 0 Å². The monoisotopic (exact) mass is 312 g/mol. The Bertz CT molecular complexity index is 791. The summed E-state index contributed by atoms with van der Waals surface area (Å²) in [4.78, 5) is 13.1. The predicted octanol–water partition coefficient (Wildman–Crippen LogP) is 2.61. The second kappa shape index (κ2) is 5.10. The summed E-state index contributed by atoms with van der Waals surface area (Å²) in [7, 11) is 0. The number of hydrogen-bond acceptors (Lipinski definition) is 7. The Kier molecular flexibility index (Phi) is 3.07. The van der Waals surface area contributed by atoms with Crippen LogP contribution in [0.5, 0.6) is 0 Å². The lowest BCUT2D eigenvalue weighted by atomic mass is 9.80. The molecule has 7 heteroatoms. The molecular formula is C15H16N6S. The van der Waals surface area contributed by atoms with Gasteiger partial charge in [0.2, 0.25) is 0 Å². The molecule has 0 amide bonds. The van der Waals surface area contributed by atoms with E-state index in [1.165, 1.54) is 4.70 Å². The largest absolute Gasteiger partial charge is 0.394 e. The van der Waals surface area contributed by atoms with Crippen LogP contribution in [0, 0.1) is 0 Å². The number of para-hydroxylation sites is 1. The quantitative estimate of drug-likeness (QED) is 0.687. The van der Waals surface area contributed by atoms with Crippen molar-refractivity contribution in [2.45, 2.75) is 24.8 Å². The van der Waals surface area contributed by atoms with Crippen molar-refractivity contribution in [3.05, 3.63) is 36.3 Å². The Hall–Kier alpha value is -2.41. The summed E-state index contributed by atoms with van der Waals surface area (Å²) >= 11 is 1.69. The van der Waals surface area contributed by atoms with Crippen LogP contribution < -0.4 is 16.8 Å². The van der Waals surface area contributed by atoms with Gasteiger partial charge in [0.15, 0.2) is 5.13 Å². The number of nitrogens with zero attached hydrogens (tertiary/aromatic N) is 3. The van der Waals surface area contributed by atoms with Crippen molar-refractivity contribution in [3.8, 4) is 0 Å². The van der Waals surface area contributed by atoms with Crippen LogP contribution in [0.3, 0.4) is 0 Å². The minimum Gasteiger partial charge on any atom is -0.394 e. The van der Waals surface area contributed by atoms with Gasteiger partial charge in [-0.15, -0.1) is 0 Å². The molecule has 1 aromatic carbocycles. The highest BCUT2D eigenvalue weighted by molar-refractivity contribution is 7.22. The molecule has 0 aliphatic heterocycles. The van der Waals surface area contributed by atoms with Crippen LogP contribution in [0.25, 0.3) is 10.2 Å². The number of hydrogen-bond donors (Lipinski definition) is 3. The molecule has 1 fully saturated rings. The molecule has 1 aliphatic rings. The number of nitrogens with one attached hydrogen (secondary N) is 1. The molecule has 3 aromatic rings. The van der Waals surface area contributed by atoms with Crippen molar-refractivity contribution in [2.75, 3.05) is 16.8 Å². The van der Waals surface area contributed by atoms with Crippen molar-refractivity contribution < 1.29 is 0 Å². The summed E-state index contributed by atoms with van der Waals surface area (Å²) < 4.78 is 1.20. The van der Waals surface area contributed by atoms with Crippen LogP contribution in [0.2, 0.25) is 0 Å². The SMILES string of the molecule is Nc1cnc(C2CC(Nc3nc4ccccc4s3)C2)nc1N. The van der Waals surface area contributed by atoms with Crippen molar-refractivity contribution in [1.82, 2.24) is 15.0 Å². The van der Waals surface area contributed by atoms with E-state index in [4.69, 9.17) is 11.5 Å². The molecule has 2 aromatic heterocycles. The summed E-state index contributed by atoms with van der Waals surface area (Å²) in [6.07, 6.45) is 3.56. The maximum Gasteiger partial charge on any atom is 0.184 e. The van der Waals surface area contributed by atoms with E-state index in [0.29, 0.717) is 23.5 Å². The van der Waals surface area contributed by atoms with E-state index in [-0.39, 0.29) is 0 Å². The first-order valence-electron chi connectivity index (χ1n) is 7.19. The highest BCUT2D eigenvalue weighted by Gasteiger charge is 2.33. The number of rotatable bonds is 3. The Morgan fingerprint density at radius 2 is 1.95 bits per heavy atom. The average molecular weight is 312 g/mol. The molecule has 0 spiro atoms. The van der Waals surface area contributed by atoms with E-state index in [2.05, 4.69) is 26.3 Å². The van der Waals surface area contributed by atoms with Crippen LogP contribution in [-0.4, -0.2) is 21.0 Å². The van der Waals surface area contributed by atoms with Gasteiger partial charge in [-0.1, -0.05) is 23.5 Å². The molecule has 0 saturated heterocycles. The summed E-state index contributed by atoms with van der Waals surface area (Å²) in [5, 5.41) is 4.46. The number of nitrogens with two attached hydrogens (primary N) is 2. The molecule has 4 rings (SSSR count). The lowest BCUT2D eigenvalue weighted by Crippen LogP contribution is -2.35. The number of aromatic nitrogens is 3. The van der Waals surface area contributed by atoms with Crippen LogP contribution in [0.4, 0.5) is 16.6 Å². The highest BCUT2D eigenvalue weighted by atomic mass is 32.1. The maximum atomic E-state index is 5.74. The maximum absolute atomic E-state index is 5.74. The van der Waals surface area contributed by atoms with E-state index in [1.807, 2.05) is 18.2 Å². The minimum absolute atomic E-state index is 0.342. The smallest absolute Gasteiger partial charge is 0.184 e. The van der Waals surface area contributed by atoms with Gasteiger partial charge in [-0.25, -0.2) is 15.0 Å². The molecule has 0 bridgehead atoms. The molecule has 0 atom stereocenters. The molecule has 1 aliphatic carbocycles. The van der Waals surface area contributed by atoms with Crippen molar-refractivity contribution in [3.63, 3.8) is 0 Å². The zero-order valence-corrected chi connectivity index (χ0v) is 12.7. The van der Waals surface area contributed by atoms with Gasteiger partial charge in [0.05, 0.1) is 22.1 Å². The molecule has 1 saturated carbocycles. The van der Waals surface area contributed by atoms with Crippen molar-refractivity contribution in [1.29, 1.82) is 0 Å². The molecule has 112 valence electrons. The van der Waals surface area contributed by atoms with Gasteiger partial charge in [-0.05, 0) is 25.0 Å². The van der Waals surface area contributed by atoms with Gasteiger partial charge in [0.1, 0.15) is 11.6 Å². The minimum atomic E-state index is 0.342. The molecule has 6 nitrogen and oxygen atoms in total. The zero-order valence-electron chi connectivity index (χ0n) is 11.9. The van der Waals surface area contributed by atoms with E-state index in [9.17, 15) is 0 Å². The fourth-order valence-electron chi connectivity index (χ4n) is 2.67. The third-order valence-corrected chi connectivity index (χ3v) is 4.96. The number of nitrogen functional groups attached to an aromatic ring is 2. The zero-order chi connectivity index (χ0) is 15.1. The second-order valence-electron chi connectivity index (χ2n) is 5.57. The van der Waals surface area contributed by atoms with Crippen LogP contribution in [0.1, 0.15) is 24.6 Å². The number of anilines is 3. The fraction of sp³-hybridized carbons (Fsp3) is 0.267. The molecule has 5 N–H and O–H groups in total. The number of fused-ring (bicyclic) bond motifs is 1. The van der Waals surface area contributed by atoms with E-state index in [0.717, 1.165) is 29.3 Å². The third kappa shape index (κ3) is 2.33. The Balaban J connectivity index is 1.41. The predicted molar refractivity (Wildman–Crippen MR) is 89.9 cm³/mol. The van der Waals surface area contributed by atoms with E-state index >= 15 is 0 Å². The van der Waals surface area contributed by atoms with Gasteiger partial charge in [-0.3, -0.25) is 0 Å². The molecule has 2 heterocycles. The first-order valence-corrected chi connectivity index (χ1v) is 8.00. The van der Waals surface area contributed by atoms with Crippen molar-refractivity contribution >= 4 is 38.2 Å². The van der Waals surface area contributed by atoms with E-state index in [1.54, 1.807) is 17.5 Å². The lowest BCUT2D eigenvalue weighted by molar-refractivity contribution is 0.359. The Morgan fingerprint density at radius 3 is 2.73 bits per heavy atom.